The Morgan fingerprint density at radius 1 is 1.11 bits per heavy atom. The topological polar surface area (TPSA) is 64.1 Å². The first-order chi connectivity index (χ1) is 13.6. The average Bonchev–Trinajstić information content (AvgIpc) is 3.37. The molecule has 0 aromatic heterocycles. The van der Waals surface area contributed by atoms with Gasteiger partial charge in [-0.15, -0.1) is 0 Å². The predicted octanol–water partition coefficient (Wildman–Crippen LogP) is 2.91. The zero-order valence-electron chi connectivity index (χ0n) is 16.9. The summed E-state index contributed by atoms with van der Waals surface area (Å²) in [6.07, 6.45) is 4.52. The summed E-state index contributed by atoms with van der Waals surface area (Å²) in [5.41, 5.74) is 1.28. The second-order valence-corrected chi connectivity index (χ2v) is 9.82. The van der Waals surface area contributed by atoms with Crippen LogP contribution in [-0.4, -0.2) is 56.6 Å². The van der Waals surface area contributed by atoms with E-state index in [-0.39, 0.29) is 5.41 Å². The van der Waals surface area contributed by atoms with Gasteiger partial charge in [-0.3, -0.25) is 4.99 Å². The minimum absolute atomic E-state index is 0.00284. The van der Waals surface area contributed by atoms with Crippen molar-refractivity contribution < 1.29 is 14.2 Å². The summed E-state index contributed by atoms with van der Waals surface area (Å²) in [4.78, 5) is 4.46. The Bertz CT molecular complexity index is 713. The fourth-order valence-electron chi connectivity index (χ4n) is 4.28. The summed E-state index contributed by atoms with van der Waals surface area (Å²) in [5, 5.41) is 7.13. The number of hydrogen-bond acceptors (Lipinski definition) is 5. The highest BCUT2D eigenvalue weighted by atomic mass is 32.2. The van der Waals surface area contributed by atoms with Crippen molar-refractivity contribution in [3.8, 4) is 11.5 Å². The lowest BCUT2D eigenvalue weighted by Crippen LogP contribution is -2.50. The Hall–Kier alpha value is -1.60. The van der Waals surface area contributed by atoms with Gasteiger partial charge >= 0.3 is 0 Å². The fraction of sp³-hybridized carbons (Fsp3) is 0.667. The van der Waals surface area contributed by atoms with Gasteiger partial charge in [-0.1, -0.05) is 6.07 Å². The molecule has 0 saturated carbocycles. The molecule has 2 N–H and O–H groups in total. The largest absolute Gasteiger partial charge is 0.454 e. The van der Waals surface area contributed by atoms with Crippen LogP contribution in [0.15, 0.2) is 23.2 Å². The molecule has 4 rings (SSSR count). The zero-order chi connectivity index (χ0) is 19.5. The van der Waals surface area contributed by atoms with Crippen molar-refractivity contribution in [2.45, 2.75) is 42.8 Å². The lowest BCUT2D eigenvalue weighted by Gasteiger charge is -2.38. The second kappa shape index (κ2) is 8.41. The van der Waals surface area contributed by atoms with Gasteiger partial charge in [0, 0.05) is 43.5 Å². The Balaban J connectivity index is 1.44. The van der Waals surface area contributed by atoms with Crippen molar-refractivity contribution in [1.29, 1.82) is 0 Å². The number of hydrogen-bond donors (Lipinski definition) is 2. The smallest absolute Gasteiger partial charge is 0.231 e. The number of fused-ring (bicyclic) bond motifs is 1. The van der Waals surface area contributed by atoms with Crippen LogP contribution in [-0.2, 0) is 10.2 Å². The van der Waals surface area contributed by atoms with E-state index in [1.54, 1.807) is 0 Å². The summed E-state index contributed by atoms with van der Waals surface area (Å²) < 4.78 is 17.1. The summed E-state index contributed by atoms with van der Waals surface area (Å²) in [5.74, 6) is 3.81. The maximum Gasteiger partial charge on any atom is 0.231 e. The van der Waals surface area contributed by atoms with Gasteiger partial charge in [-0.25, -0.2) is 0 Å². The van der Waals surface area contributed by atoms with Crippen molar-refractivity contribution >= 4 is 17.7 Å². The second-order valence-electron chi connectivity index (χ2n) is 8.14. The van der Waals surface area contributed by atoms with E-state index in [1.165, 1.54) is 24.2 Å². The maximum atomic E-state index is 5.67. The molecule has 3 aliphatic heterocycles. The number of nitrogens with zero attached hydrogens (tertiary/aromatic N) is 1. The Labute approximate surface area is 171 Å². The lowest BCUT2D eigenvalue weighted by molar-refractivity contribution is 0.0513. The summed E-state index contributed by atoms with van der Waals surface area (Å²) >= 11 is 2.06. The van der Waals surface area contributed by atoms with E-state index in [4.69, 9.17) is 14.2 Å². The van der Waals surface area contributed by atoms with E-state index in [2.05, 4.69) is 46.4 Å². The number of ether oxygens (including phenoxy) is 3. The monoisotopic (exact) mass is 405 g/mol. The lowest BCUT2D eigenvalue weighted by atomic mass is 9.74. The third-order valence-corrected chi connectivity index (χ3v) is 7.72. The summed E-state index contributed by atoms with van der Waals surface area (Å²) in [6, 6.07) is 6.34. The minimum atomic E-state index is 0.00284. The minimum Gasteiger partial charge on any atom is -0.454 e. The third-order valence-electron chi connectivity index (χ3n) is 6.18. The molecule has 28 heavy (non-hydrogen) atoms. The number of nitrogens with one attached hydrogen (secondary N) is 2. The van der Waals surface area contributed by atoms with E-state index in [1.807, 2.05) is 13.1 Å². The Morgan fingerprint density at radius 2 is 1.89 bits per heavy atom. The molecule has 0 spiro atoms. The molecule has 2 fully saturated rings. The molecule has 2 saturated heterocycles. The van der Waals surface area contributed by atoms with Crippen LogP contribution in [0.25, 0.3) is 0 Å². The van der Waals surface area contributed by atoms with Crippen molar-refractivity contribution in [3.05, 3.63) is 23.8 Å². The van der Waals surface area contributed by atoms with Gasteiger partial charge in [0.15, 0.2) is 17.5 Å². The molecule has 3 aliphatic rings. The quantitative estimate of drug-likeness (QED) is 0.580. The molecule has 0 bridgehead atoms. The van der Waals surface area contributed by atoms with Crippen molar-refractivity contribution in [2.75, 3.05) is 45.9 Å². The van der Waals surface area contributed by atoms with Crippen molar-refractivity contribution in [3.63, 3.8) is 0 Å². The van der Waals surface area contributed by atoms with Gasteiger partial charge in [0.25, 0.3) is 0 Å². The van der Waals surface area contributed by atoms with Gasteiger partial charge in [0.05, 0.1) is 0 Å². The molecule has 0 radical (unpaired) electrons. The molecule has 154 valence electrons. The van der Waals surface area contributed by atoms with E-state index in [9.17, 15) is 0 Å². The van der Waals surface area contributed by atoms with Crippen LogP contribution in [0.1, 0.15) is 38.2 Å². The van der Waals surface area contributed by atoms with Gasteiger partial charge in [0.1, 0.15) is 0 Å². The zero-order valence-corrected chi connectivity index (χ0v) is 17.7. The molecule has 1 aromatic rings. The van der Waals surface area contributed by atoms with E-state index < -0.39 is 0 Å². The highest BCUT2D eigenvalue weighted by molar-refractivity contribution is 8.00. The highest BCUT2D eigenvalue weighted by Gasteiger charge is 2.36. The van der Waals surface area contributed by atoms with Crippen LogP contribution < -0.4 is 20.1 Å². The van der Waals surface area contributed by atoms with Crippen molar-refractivity contribution in [1.82, 2.24) is 10.6 Å². The molecule has 0 aliphatic carbocycles. The van der Waals surface area contributed by atoms with Crippen LogP contribution in [0.2, 0.25) is 0 Å². The Kier molecular flexibility index (Phi) is 5.92. The average molecular weight is 406 g/mol. The highest BCUT2D eigenvalue weighted by Crippen LogP contribution is 2.40. The molecule has 7 heteroatoms. The molecule has 1 unspecified atom stereocenters. The molecule has 1 atom stereocenters. The molecular weight excluding hydrogens is 374 g/mol. The fourth-order valence-corrected chi connectivity index (χ4v) is 5.52. The van der Waals surface area contributed by atoms with E-state index in [0.717, 1.165) is 56.6 Å². The molecule has 3 heterocycles. The van der Waals surface area contributed by atoms with E-state index in [0.29, 0.717) is 11.5 Å². The van der Waals surface area contributed by atoms with Gasteiger partial charge in [-0.2, -0.15) is 11.8 Å². The summed E-state index contributed by atoms with van der Waals surface area (Å²) in [7, 11) is 1.84. The van der Waals surface area contributed by atoms with Gasteiger partial charge in [-0.05, 0) is 56.1 Å². The molecule has 0 amide bonds. The molecular formula is C21H31N3O3S. The maximum absolute atomic E-state index is 5.67. The first kappa shape index (κ1) is 19.7. The predicted molar refractivity (Wildman–Crippen MR) is 114 cm³/mol. The van der Waals surface area contributed by atoms with Crippen LogP contribution in [0, 0.1) is 0 Å². The van der Waals surface area contributed by atoms with Gasteiger partial charge < -0.3 is 24.8 Å². The summed E-state index contributed by atoms with van der Waals surface area (Å²) in [6.45, 7) is 5.96. The van der Waals surface area contributed by atoms with Crippen LogP contribution in [0.5, 0.6) is 11.5 Å². The normalized spacial score (nSPS) is 26.3. The SMILES string of the molecule is CN=C(NCC1(C)CCCS1)NCC1(c2ccc3c(c2)OCO3)CCOCC1. The number of benzene rings is 1. The van der Waals surface area contributed by atoms with Gasteiger partial charge in [0.2, 0.25) is 6.79 Å². The van der Waals surface area contributed by atoms with Crippen molar-refractivity contribution in [2.24, 2.45) is 4.99 Å². The number of guanidine groups is 1. The molecule has 1 aromatic carbocycles. The first-order valence-corrected chi connectivity index (χ1v) is 11.2. The third kappa shape index (κ3) is 4.20. The number of thioether (sulfide) groups is 1. The standard InChI is InChI=1S/C21H31N3O3S/c1-20(6-3-11-28-20)13-23-19(22-2)24-14-21(7-9-25-10-8-21)16-4-5-17-18(12-16)27-15-26-17/h4-5,12H,3,6-11,13-15H2,1-2H3,(H2,22,23,24). The Morgan fingerprint density at radius 3 is 2.64 bits per heavy atom. The molecule has 6 nitrogen and oxygen atoms in total. The van der Waals surface area contributed by atoms with Crippen LogP contribution >= 0.6 is 11.8 Å². The van der Waals surface area contributed by atoms with E-state index >= 15 is 0 Å². The number of rotatable bonds is 5. The number of aliphatic imine (C=N–C) groups is 1. The van der Waals surface area contributed by atoms with Crippen LogP contribution in [0.3, 0.4) is 0 Å². The van der Waals surface area contributed by atoms with Crippen LogP contribution in [0.4, 0.5) is 0 Å². The first-order valence-electron chi connectivity index (χ1n) is 10.2.